The van der Waals surface area contributed by atoms with Crippen molar-refractivity contribution < 1.29 is 13.2 Å². The molecule has 0 amide bonds. The molecule has 8 heteroatoms. The molecule has 0 aliphatic carbocycles. The Kier molecular flexibility index (Phi) is 6.84. The van der Waals surface area contributed by atoms with Gasteiger partial charge in [-0.2, -0.15) is 0 Å². The SMILES string of the molecule is CC(CS(=O)(=O)Nc1ccc2c(c1)nc(C(C)(C)C)n2CC1CCOCC1)N1CCCC1. The van der Waals surface area contributed by atoms with Gasteiger partial charge < -0.3 is 9.30 Å². The number of benzene rings is 1. The summed E-state index contributed by atoms with van der Waals surface area (Å²) in [5.74, 6) is 1.73. The molecule has 0 spiro atoms. The zero-order valence-electron chi connectivity index (χ0n) is 19.9. The van der Waals surface area contributed by atoms with E-state index < -0.39 is 10.0 Å². The summed E-state index contributed by atoms with van der Waals surface area (Å²) < 4.78 is 36.3. The first-order chi connectivity index (χ1) is 15.1. The average Bonchev–Trinajstić information content (AvgIpc) is 3.36. The molecule has 1 atom stereocenters. The van der Waals surface area contributed by atoms with Crippen LogP contribution in [0.2, 0.25) is 0 Å². The monoisotopic (exact) mass is 462 g/mol. The van der Waals surface area contributed by atoms with Crippen molar-refractivity contribution in [3.63, 3.8) is 0 Å². The van der Waals surface area contributed by atoms with Crippen LogP contribution in [0.5, 0.6) is 0 Å². The number of ether oxygens (including phenoxy) is 1. The van der Waals surface area contributed by atoms with Crippen LogP contribution in [0.15, 0.2) is 18.2 Å². The molecule has 2 fully saturated rings. The topological polar surface area (TPSA) is 76.5 Å². The lowest BCUT2D eigenvalue weighted by molar-refractivity contribution is 0.0611. The van der Waals surface area contributed by atoms with Gasteiger partial charge in [-0.3, -0.25) is 9.62 Å². The Bertz CT molecular complexity index is 1030. The van der Waals surface area contributed by atoms with E-state index in [9.17, 15) is 8.42 Å². The lowest BCUT2D eigenvalue weighted by atomic mass is 9.94. The third-order valence-corrected chi connectivity index (χ3v) is 8.17. The Balaban J connectivity index is 1.56. The largest absolute Gasteiger partial charge is 0.381 e. The second kappa shape index (κ2) is 9.31. The van der Waals surface area contributed by atoms with Crippen LogP contribution in [0.25, 0.3) is 11.0 Å². The van der Waals surface area contributed by atoms with Crippen LogP contribution < -0.4 is 4.72 Å². The molecule has 3 heterocycles. The molecule has 32 heavy (non-hydrogen) atoms. The Hall–Kier alpha value is -1.64. The maximum atomic E-state index is 12.8. The first-order valence-electron chi connectivity index (χ1n) is 12.0. The van der Waals surface area contributed by atoms with Crippen LogP contribution in [0, 0.1) is 5.92 Å². The van der Waals surface area contributed by atoms with Gasteiger partial charge in [0.05, 0.1) is 22.5 Å². The summed E-state index contributed by atoms with van der Waals surface area (Å²) in [5, 5.41) is 0. The van der Waals surface area contributed by atoms with Gasteiger partial charge >= 0.3 is 0 Å². The molecule has 0 saturated carbocycles. The minimum atomic E-state index is -3.43. The van der Waals surface area contributed by atoms with Crippen LogP contribution in [0.4, 0.5) is 5.69 Å². The molecule has 2 saturated heterocycles. The highest BCUT2D eigenvalue weighted by molar-refractivity contribution is 7.92. The average molecular weight is 463 g/mol. The Morgan fingerprint density at radius 2 is 1.88 bits per heavy atom. The number of nitrogens with one attached hydrogen (secondary N) is 1. The van der Waals surface area contributed by atoms with Gasteiger partial charge in [0.25, 0.3) is 0 Å². The Morgan fingerprint density at radius 1 is 1.19 bits per heavy atom. The van der Waals surface area contributed by atoms with Gasteiger partial charge in [0, 0.05) is 31.2 Å². The van der Waals surface area contributed by atoms with Gasteiger partial charge in [-0.1, -0.05) is 20.8 Å². The van der Waals surface area contributed by atoms with Crippen molar-refractivity contribution in [2.24, 2.45) is 5.92 Å². The molecule has 2 aromatic rings. The number of fused-ring (bicyclic) bond motifs is 1. The minimum Gasteiger partial charge on any atom is -0.381 e. The molecule has 2 aliphatic rings. The number of nitrogens with zero attached hydrogens (tertiary/aromatic N) is 3. The molecule has 1 aromatic heterocycles. The maximum Gasteiger partial charge on any atom is 0.234 e. The Labute approximate surface area is 192 Å². The number of hydrogen-bond acceptors (Lipinski definition) is 5. The van der Waals surface area contributed by atoms with Crippen molar-refractivity contribution in [2.45, 2.75) is 71.4 Å². The van der Waals surface area contributed by atoms with Gasteiger partial charge in [-0.15, -0.1) is 0 Å². The van der Waals surface area contributed by atoms with E-state index in [0.29, 0.717) is 11.6 Å². The van der Waals surface area contributed by atoms with Crippen LogP contribution >= 0.6 is 0 Å². The van der Waals surface area contributed by atoms with Gasteiger partial charge in [0.15, 0.2) is 0 Å². The zero-order chi connectivity index (χ0) is 22.9. The van der Waals surface area contributed by atoms with Crippen molar-refractivity contribution in [2.75, 3.05) is 36.8 Å². The van der Waals surface area contributed by atoms with E-state index in [-0.39, 0.29) is 17.2 Å². The lowest BCUT2D eigenvalue weighted by Gasteiger charge is -2.26. The number of aromatic nitrogens is 2. The van der Waals surface area contributed by atoms with Crippen molar-refractivity contribution in [3.8, 4) is 0 Å². The van der Waals surface area contributed by atoms with Crippen LogP contribution in [0.1, 0.15) is 59.2 Å². The molecule has 0 bridgehead atoms. The third-order valence-electron chi connectivity index (χ3n) is 6.70. The van der Waals surface area contributed by atoms with E-state index in [1.807, 2.05) is 25.1 Å². The van der Waals surface area contributed by atoms with Gasteiger partial charge in [0.1, 0.15) is 5.82 Å². The number of rotatable bonds is 7. The summed E-state index contributed by atoms with van der Waals surface area (Å²) in [4.78, 5) is 7.21. The van der Waals surface area contributed by atoms with Crippen LogP contribution in [-0.4, -0.2) is 61.0 Å². The highest BCUT2D eigenvalue weighted by Crippen LogP contribution is 2.30. The summed E-state index contributed by atoms with van der Waals surface area (Å²) in [6.45, 7) is 13.1. The minimum absolute atomic E-state index is 0.0184. The fraction of sp³-hybridized carbons (Fsp3) is 0.708. The molecule has 4 rings (SSSR count). The molecule has 7 nitrogen and oxygen atoms in total. The first kappa shape index (κ1) is 23.5. The summed E-state index contributed by atoms with van der Waals surface area (Å²) in [7, 11) is -3.43. The number of anilines is 1. The van der Waals surface area contributed by atoms with E-state index >= 15 is 0 Å². The second-order valence-corrected chi connectivity index (χ2v) is 12.3. The first-order valence-corrected chi connectivity index (χ1v) is 13.6. The van der Waals surface area contributed by atoms with Gasteiger partial charge in [0.2, 0.25) is 10.0 Å². The summed E-state index contributed by atoms with van der Waals surface area (Å²) in [6, 6.07) is 5.78. The van der Waals surface area contributed by atoms with Crippen molar-refractivity contribution in [1.29, 1.82) is 0 Å². The molecule has 1 N–H and O–H groups in total. The third kappa shape index (κ3) is 5.46. The molecule has 1 aromatic carbocycles. The molecular weight excluding hydrogens is 424 g/mol. The van der Waals surface area contributed by atoms with Crippen molar-refractivity contribution in [1.82, 2.24) is 14.5 Å². The zero-order valence-corrected chi connectivity index (χ0v) is 20.7. The summed E-state index contributed by atoms with van der Waals surface area (Å²) in [5.41, 5.74) is 2.39. The van der Waals surface area contributed by atoms with E-state index in [1.54, 1.807) is 0 Å². The smallest absolute Gasteiger partial charge is 0.234 e. The summed E-state index contributed by atoms with van der Waals surface area (Å²) >= 11 is 0. The van der Waals surface area contributed by atoms with E-state index in [2.05, 4.69) is 35.0 Å². The number of hydrogen-bond donors (Lipinski definition) is 1. The summed E-state index contributed by atoms with van der Waals surface area (Å²) in [6.07, 6.45) is 4.44. The van der Waals surface area contributed by atoms with E-state index in [0.717, 1.165) is 75.4 Å². The van der Waals surface area contributed by atoms with E-state index in [4.69, 9.17) is 9.72 Å². The molecule has 1 unspecified atom stereocenters. The quantitative estimate of drug-likeness (QED) is 0.673. The van der Waals surface area contributed by atoms with Gasteiger partial charge in [-0.25, -0.2) is 13.4 Å². The predicted molar refractivity (Wildman–Crippen MR) is 130 cm³/mol. The van der Waals surface area contributed by atoms with Crippen molar-refractivity contribution >= 4 is 26.7 Å². The number of imidazole rings is 1. The maximum absolute atomic E-state index is 12.8. The standard InChI is InChI=1S/C24H38N4O3S/c1-18(27-11-5-6-12-27)17-32(29,30)26-20-7-8-22-21(15-20)25-23(24(2,3)4)28(22)16-19-9-13-31-14-10-19/h7-8,15,18-19,26H,5-6,9-14,16-17H2,1-4H3. The highest BCUT2D eigenvalue weighted by atomic mass is 32.2. The van der Waals surface area contributed by atoms with Crippen LogP contribution in [-0.2, 0) is 26.7 Å². The fourth-order valence-corrected chi connectivity index (χ4v) is 6.38. The van der Waals surface area contributed by atoms with Crippen molar-refractivity contribution in [3.05, 3.63) is 24.0 Å². The number of sulfonamides is 1. The molecule has 178 valence electrons. The molecule has 2 aliphatic heterocycles. The molecular formula is C24H38N4O3S. The number of likely N-dealkylation sites (tertiary alicyclic amines) is 1. The normalized spacial score (nSPS) is 20.1. The Morgan fingerprint density at radius 3 is 2.53 bits per heavy atom. The van der Waals surface area contributed by atoms with Gasteiger partial charge in [-0.05, 0) is 69.8 Å². The van der Waals surface area contributed by atoms with E-state index in [1.165, 1.54) is 0 Å². The fourth-order valence-electron chi connectivity index (χ4n) is 4.96. The van der Waals surface area contributed by atoms with Crippen LogP contribution in [0.3, 0.4) is 0 Å². The highest BCUT2D eigenvalue weighted by Gasteiger charge is 2.27. The second-order valence-electron chi connectivity index (χ2n) is 10.5. The predicted octanol–water partition coefficient (Wildman–Crippen LogP) is 3.99. The lowest BCUT2D eigenvalue weighted by Crippen LogP contribution is -2.37. The molecule has 0 radical (unpaired) electrons.